The number of aliphatic carboxylic acids is 1. The maximum Gasteiger partial charge on any atom is 0.323 e. The topological polar surface area (TPSA) is 60.9 Å². The summed E-state index contributed by atoms with van der Waals surface area (Å²) in [6.45, 7) is 0.155. The fraction of sp³-hybridized carbons (Fsp3) is 0.556. The monoisotopic (exact) mass is 198 g/mol. The Balaban J connectivity index is 4.04. The number of carbonyl (C=O) groups is 2. The third-order valence-electron chi connectivity index (χ3n) is 1.31. The molecule has 0 aromatic heterocycles. The lowest BCUT2D eigenvalue weighted by atomic mass is 10.4. The first-order valence-electron chi connectivity index (χ1n) is 4.04. The van der Waals surface area contributed by atoms with Crippen molar-refractivity contribution in [3.8, 4) is 11.8 Å². The number of rotatable bonds is 3. The zero-order valence-electron chi connectivity index (χ0n) is 8.57. The van der Waals surface area contributed by atoms with Gasteiger partial charge in [-0.3, -0.25) is 14.5 Å². The average molecular weight is 198 g/mol. The molecule has 0 aromatic rings. The van der Waals surface area contributed by atoms with Crippen LogP contribution in [0.3, 0.4) is 0 Å². The van der Waals surface area contributed by atoms with E-state index in [4.69, 9.17) is 5.11 Å². The van der Waals surface area contributed by atoms with Gasteiger partial charge in [-0.2, -0.15) is 0 Å². The number of nitrogens with zero attached hydrogens (tertiary/aromatic N) is 2. The molecular weight excluding hydrogens is 184 g/mol. The number of likely N-dealkylation sites (N-methyl/N-ethyl adjacent to an activating group) is 1. The van der Waals surface area contributed by atoms with Crippen molar-refractivity contribution in [2.75, 3.05) is 34.2 Å². The maximum absolute atomic E-state index is 11.1. The van der Waals surface area contributed by atoms with Gasteiger partial charge in [0.2, 0.25) is 0 Å². The summed E-state index contributed by atoms with van der Waals surface area (Å²) in [4.78, 5) is 24.3. The van der Waals surface area contributed by atoms with Gasteiger partial charge in [0.25, 0.3) is 5.91 Å². The molecular formula is C9H14N2O3. The van der Waals surface area contributed by atoms with E-state index >= 15 is 0 Å². The number of hydrogen-bond acceptors (Lipinski definition) is 3. The van der Waals surface area contributed by atoms with E-state index in [9.17, 15) is 9.59 Å². The minimum absolute atomic E-state index is 0.324. The van der Waals surface area contributed by atoms with E-state index in [2.05, 4.69) is 11.8 Å². The molecule has 0 heterocycles. The van der Waals surface area contributed by atoms with E-state index < -0.39 is 11.9 Å². The lowest BCUT2D eigenvalue weighted by Crippen LogP contribution is -2.30. The molecule has 0 saturated carbocycles. The van der Waals surface area contributed by atoms with E-state index in [0.717, 1.165) is 4.90 Å². The number of carbonyl (C=O) groups excluding carboxylic acids is 1. The number of hydrogen-bond donors (Lipinski definition) is 1. The Morgan fingerprint density at radius 2 is 1.86 bits per heavy atom. The molecule has 0 aromatic carbocycles. The minimum atomic E-state index is -1.05. The average Bonchev–Trinajstić information content (AvgIpc) is 2.01. The molecule has 14 heavy (non-hydrogen) atoms. The van der Waals surface area contributed by atoms with Crippen LogP contribution < -0.4 is 0 Å². The van der Waals surface area contributed by atoms with Crippen molar-refractivity contribution >= 4 is 11.9 Å². The molecule has 0 aliphatic heterocycles. The molecule has 0 radical (unpaired) electrons. The Morgan fingerprint density at radius 1 is 1.29 bits per heavy atom. The van der Waals surface area contributed by atoms with Gasteiger partial charge < -0.3 is 10.0 Å². The van der Waals surface area contributed by atoms with Gasteiger partial charge in [-0.25, -0.2) is 0 Å². The molecule has 0 aliphatic rings. The first kappa shape index (κ1) is 12.5. The smallest absolute Gasteiger partial charge is 0.323 e. The van der Waals surface area contributed by atoms with Gasteiger partial charge in [0.1, 0.15) is 6.54 Å². The van der Waals surface area contributed by atoms with Gasteiger partial charge in [0, 0.05) is 7.05 Å². The van der Waals surface area contributed by atoms with Gasteiger partial charge in [0.15, 0.2) is 0 Å². The fourth-order valence-electron chi connectivity index (χ4n) is 0.643. The van der Waals surface area contributed by atoms with Crippen LogP contribution in [0.25, 0.3) is 0 Å². The van der Waals surface area contributed by atoms with Crippen LogP contribution in [-0.2, 0) is 9.59 Å². The van der Waals surface area contributed by atoms with E-state index in [1.54, 1.807) is 0 Å². The van der Waals surface area contributed by atoms with Crippen molar-refractivity contribution < 1.29 is 14.7 Å². The lowest BCUT2D eigenvalue weighted by Gasteiger charge is -2.09. The van der Waals surface area contributed by atoms with Crippen LogP contribution in [0, 0.1) is 11.8 Å². The van der Waals surface area contributed by atoms with Crippen molar-refractivity contribution in [3.63, 3.8) is 0 Å². The van der Waals surface area contributed by atoms with E-state index in [1.807, 2.05) is 19.0 Å². The van der Waals surface area contributed by atoms with Crippen molar-refractivity contribution in [2.45, 2.75) is 0 Å². The molecule has 1 N–H and O–H groups in total. The summed E-state index contributed by atoms with van der Waals surface area (Å²) in [7, 11) is 5.07. The van der Waals surface area contributed by atoms with Gasteiger partial charge in [-0.05, 0) is 20.0 Å². The van der Waals surface area contributed by atoms with Crippen LogP contribution in [0.15, 0.2) is 0 Å². The molecule has 0 aliphatic carbocycles. The highest BCUT2D eigenvalue weighted by Gasteiger charge is 2.08. The normalized spacial score (nSPS) is 9.14. The van der Waals surface area contributed by atoms with Gasteiger partial charge >= 0.3 is 5.97 Å². The van der Waals surface area contributed by atoms with E-state index in [-0.39, 0.29) is 6.54 Å². The molecule has 0 saturated heterocycles. The number of carboxylic acid groups (broad SMARTS) is 1. The number of amides is 1. The summed E-state index contributed by atoms with van der Waals surface area (Å²) >= 11 is 0. The van der Waals surface area contributed by atoms with Gasteiger partial charge in [-0.1, -0.05) is 5.92 Å². The summed E-state index contributed by atoms with van der Waals surface area (Å²) in [5, 5.41) is 8.40. The minimum Gasteiger partial charge on any atom is -0.480 e. The quantitative estimate of drug-likeness (QED) is 0.597. The second-order valence-corrected chi connectivity index (χ2v) is 3.09. The largest absolute Gasteiger partial charge is 0.480 e. The van der Waals surface area contributed by atoms with Crippen LogP contribution in [0.2, 0.25) is 0 Å². The van der Waals surface area contributed by atoms with Crippen LogP contribution in [0.4, 0.5) is 0 Å². The maximum atomic E-state index is 11.1. The molecule has 0 atom stereocenters. The van der Waals surface area contributed by atoms with Crippen molar-refractivity contribution in [3.05, 3.63) is 0 Å². The second kappa shape index (κ2) is 6.00. The molecule has 0 unspecified atom stereocenters. The third kappa shape index (κ3) is 6.03. The fourth-order valence-corrected chi connectivity index (χ4v) is 0.643. The molecule has 5 heteroatoms. The van der Waals surface area contributed by atoms with E-state index in [1.165, 1.54) is 7.05 Å². The van der Waals surface area contributed by atoms with E-state index in [0.29, 0.717) is 6.54 Å². The summed E-state index contributed by atoms with van der Waals surface area (Å²) in [6, 6.07) is 0. The Bertz CT molecular complexity index is 276. The van der Waals surface area contributed by atoms with Crippen LogP contribution in [0.1, 0.15) is 0 Å². The molecule has 0 bridgehead atoms. The van der Waals surface area contributed by atoms with Crippen LogP contribution in [-0.4, -0.2) is 61.0 Å². The number of carboxylic acids is 1. The molecule has 1 amide bonds. The standard InChI is InChI=1S/C9H14N2O3/c1-10(2)6-4-5-8(12)11(3)7-9(13)14/h6-7H2,1-3H3,(H,13,14). The lowest BCUT2D eigenvalue weighted by molar-refractivity contribution is -0.141. The third-order valence-corrected chi connectivity index (χ3v) is 1.31. The summed E-state index contributed by atoms with van der Waals surface area (Å²) in [5.41, 5.74) is 0. The summed E-state index contributed by atoms with van der Waals surface area (Å²) < 4.78 is 0. The molecule has 5 nitrogen and oxygen atoms in total. The molecule has 0 rings (SSSR count). The highest BCUT2D eigenvalue weighted by Crippen LogP contribution is 1.82. The van der Waals surface area contributed by atoms with Crippen molar-refractivity contribution in [1.29, 1.82) is 0 Å². The highest BCUT2D eigenvalue weighted by atomic mass is 16.4. The second-order valence-electron chi connectivity index (χ2n) is 3.09. The predicted molar refractivity (Wildman–Crippen MR) is 51.6 cm³/mol. The SMILES string of the molecule is CN(C)CC#CC(=O)N(C)CC(=O)O. The zero-order chi connectivity index (χ0) is 11.1. The van der Waals surface area contributed by atoms with Crippen LogP contribution in [0.5, 0.6) is 0 Å². The molecule has 78 valence electrons. The summed E-state index contributed by atoms with van der Waals surface area (Å²) in [5.74, 6) is 3.46. The molecule has 0 spiro atoms. The predicted octanol–water partition coefficient (Wildman–Crippen LogP) is -0.906. The summed E-state index contributed by atoms with van der Waals surface area (Å²) in [6.07, 6.45) is 0. The Hall–Kier alpha value is -1.54. The van der Waals surface area contributed by atoms with Crippen molar-refractivity contribution in [2.24, 2.45) is 0 Å². The van der Waals surface area contributed by atoms with Crippen LogP contribution >= 0.6 is 0 Å². The molecule has 0 fully saturated rings. The Kier molecular flexibility index (Phi) is 5.34. The zero-order valence-corrected chi connectivity index (χ0v) is 8.57. The first-order chi connectivity index (χ1) is 6.43. The van der Waals surface area contributed by atoms with Gasteiger partial charge in [-0.15, -0.1) is 0 Å². The Labute approximate surface area is 83.3 Å². The first-order valence-corrected chi connectivity index (χ1v) is 4.04. The van der Waals surface area contributed by atoms with Crippen molar-refractivity contribution in [1.82, 2.24) is 9.80 Å². The Morgan fingerprint density at radius 3 is 2.29 bits per heavy atom. The van der Waals surface area contributed by atoms with Gasteiger partial charge in [0.05, 0.1) is 6.54 Å². The highest BCUT2D eigenvalue weighted by molar-refractivity contribution is 5.95.